The number of benzene rings is 2. The maximum atomic E-state index is 13.2. The van der Waals surface area contributed by atoms with E-state index < -0.39 is 11.7 Å². The fourth-order valence-electron chi connectivity index (χ4n) is 5.50. The zero-order valence-corrected chi connectivity index (χ0v) is 18.6. The van der Waals surface area contributed by atoms with Gasteiger partial charge >= 0.3 is 6.18 Å². The first kappa shape index (κ1) is 22.8. The molecule has 0 spiro atoms. The molecule has 1 saturated carbocycles. The Kier molecular flexibility index (Phi) is 6.61. The molecule has 4 unspecified atom stereocenters. The van der Waals surface area contributed by atoms with Crippen molar-refractivity contribution < 1.29 is 18.0 Å². The maximum Gasteiger partial charge on any atom is 0.416 e. The van der Waals surface area contributed by atoms with E-state index in [0.29, 0.717) is 18.4 Å². The number of amides is 1. The Bertz CT molecular complexity index is 911. The summed E-state index contributed by atoms with van der Waals surface area (Å²) in [6.07, 6.45) is -2.23. The van der Waals surface area contributed by atoms with Crippen LogP contribution in [0.5, 0.6) is 0 Å². The van der Waals surface area contributed by atoms with E-state index in [1.165, 1.54) is 0 Å². The molecule has 1 aliphatic heterocycles. The van der Waals surface area contributed by atoms with Crippen molar-refractivity contribution in [2.45, 2.75) is 51.4 Å². The molecule has 172 valence electrons. The lowest BCUT2D eigenvalue weighted by molar-refractivity contribution is -0.137. The Morgan fingerprint density at radius 2 is 1.72 bits per heavy atom. The quantitative estimate of drug-likeness (QED) is 0.641. The first-order valence-electron chi connectivity index (χ1n) is 11.5. The third kappa shape index (κ3) is 5.01. The van der Waals surface area contributed by atoms with E-state index in [4.69, 9.17) is 0 Å². The van der Waals surface area contributed by atoms with Crippen LogP contribution in [0.1, 0.15) is 49.3 Å². The first-order chi connectivity index (χ1) is 15.2. The molecule has 3 nitrogen and oxygen atoms in total. The molecule has 1 heterocycles. The molecular formula is C26H31F3N2O. The summed E-state index contributed by atoms with van der Waals surface area (Å²) >= 11 is 0. The highest BCUT2D eigenvalue weighted by molar-refractivity contribution is 5.84. The molecule has 32 heavy (non-hydrogen) atoms. The lowest BCUT2D eigenvalue weighted by atomic mass is 9.87. The minimum atomic E-state index is -4.30. The van der Waals surface area contributed by atoms with Gasteiger partial charge in [0.05, 0.1) is 11.5 Å². The summed E-state index contributed by atoms with van der Waals surface area (Å²) in [5, 5.41) is 3.35. The number of halogens is 3. The Morgan fingerprint density at radius 1 is 1.03 bits per heavy atom. The Balaban J connectivity index is 1.37. The van der Waals surface area contributed by atoms with Crippen LogP contribution in [0.2, 0.25) is 0 Å². The SMILES string of the molecule is CC(C)C(C(=O)NC1CCC2CN(Cc3ccc(C(F)(F)F)cc3)CC21)c1ccccc1. The van der Waals surface area contributed by atoms with Crippen molar-refractivity contribution >= 4 is 5.91 Å². The van der Waals surface area contributed by atoms with Crippen molar-refractivity contribution in [3.63, 3.8) is 0 Å². The fourth-order valence-corrected chi connectivity index (χ4v) is 5.50. The lowest BCUT2D eigenvalue weighted by Gasteiger charge is -2.26. The van der Waals surface area contributed by atoms with Crippen molar-refractivity contribution in [1.82, 2.24) is 10.2 Å². The number of alkyl halides is 3. The number of carbonyl (C=O) groups excluding carboxylic acids is 1. The van der Waals surface area contributed by atoms with Gasteiger partial charge in [-0.3, -0.25) is 9.69 Å². The highest BCUT2D eigenvalue weighted by Crippen LogP contribution is 2.39. The molecule has 2 aromatic rings. The van der Waals surface area contributed by atoms with Gasteiger partial charge in [-0.05, 0) is 53.9 Å². The van der Waals surface area contributed by atoms with Crippen molar-refractivity contribution in [2.24, 2.45) is 17.8 Å². The number of nitrogens with zero attached hydrogens (tertiary/aromatic N) is 1. The van der Waals surface area contributed by atoms with Crippen LogP contribution in [-0.4, -0.2) is 29.9 Å². The third-order valence-corrected chi connectivity index (χ3v) is 7.06. The van der Waals surface area contributed by atoms with E-state index in [1.54, 1.807) is 12.1 Å². The molecule has 1 amide bonds. The summed E-state index contributed by atoms with van der Waals surface area (Å²) < 4.78 is 38.4. The molecule has 2 fully saturated rings. The second kappa shape index (κ2) is 9.26. The number of likely N-dealkylation sites (tertiary alicyclic amines) is 1. The minimum absolute atomic E-state index is 0.0954. The Morgan fingerprint density at radius 3 is 2.34 bits per heavy atom. The zero-order valence-electron chi connectivity index (χ0n) is 18.6. The molecule has 0 bridgehead atoms. The topological polar surface area (TPSA) is 32.3 Å². The summed E-state index contributed by atoms with van der Waals surface area (Å²) in [5.74, 6) is 1.06. The monoisotopic (exact) mass is 444 g/mol. The number of hydrogen-bond acceptors (Lipinski definition) is 2. The van der Waals surface area contributed by atoms with Gasteiger partial charge < -0.3 is 5.32 Å². The Hall–Kier alpha value is -2.34. The van der Waals surface area contributed by atoms with E-state index in [1.807, 2.05) is 30.3 Å². The largest absolute Gasteiger partial charge is 0.416 e. The van der Waals surface area contributed by atoms with Gasteiger partial charge in [0.15, 0.2) is 0 Å². The van der Waals surface area contributed by atoms with Crippen LogP contribution in [0, 0.1) is 17.8 Å². The predicted molar refractivity (Wildman–Crippen MR) is 119 cm³/mol. The smallest absolute Gasteiger partial charge is 0.352 e. The van der Waals surface area contributed by atoms with Gasteiger partial charge in [0.25, 0.3) is 0 Å². The second-order valence-corrected chi connectivity index (χ2v) is 9.64. The van der Waals surface area contributed by atoms with Crippen molar-refractivity contribution in [3.05, 3.63) is 71.3 Å². The van der Waals surface area contributed by atoms with Crippen LogP contribution in [0.25, 0.3) is 0 Å². The van der Waals surface area contributed by atoms with E-state index in [9.17, 15) is 18.0 Å². The van der Waals surface area contributed by atoms with Gasteiger partial charge in [-0.15, -0.1) is 0 Å². The third-order valence-electron chi connectivity index (χ3n) is 7.06. The van der Waals surface area contributed by atoms with E-state index in [2.05, 4.69) is 24.1 Å². The fraction of sp³-hybridized carbons (Fsp3) is 0.500. The first-order valence-corrected chi connectivity index (χ1v) is 11.5. The number of carbonyl (C=O) groups is 1. The predicted octanol–water partition coefficient (Wildman–Crippen LogP) is 5.47. The van der Waals surface area contributed by atoms with Crippen LogP contribution >= 0.6 is 0 Å². The highest BCUT2D eigenvalue weighted by Gasteiger charge is 2.43. The average Bonchev–Trinajstić information content (AvgIpc) is 3.29. The minimum Gasteiger partial charge on any atom is -0.352 e. The number of fused-ring (bicyclic) bond motifs is 1. The average molecular weight is 445 g/mol. The molecule has 4 rings (SSSR count). The summed E-state index contributed by atoms with van der Waals surface area (Å²) in [6.45, 7) is 6.61. The van der Waals surface area contributed by atoms with Crippen LogP contribution in [0.15, 0.2) is 54.6 Å². The Labute approximate surface area is 188 Å². The number of nitrogens with one attached hydrogen (secondary N) is 1. The van der Waals surface area contributed by atoms with Gasteiger partial charge in [-0.25, -0.2) is 0 Å². The molecule has 1 saturated heterocycles. The summed E-state index contributed by atoms with van der Waals surface area (Å²) in [4.78, 5) is 15.5. The lowest BCUT2D eigenvalue weighted by Crippen LogP contribution is -2.43. The molecule has 0 aromatic heterocycles. The number of hydrogen-bond donors (Lipinski definition) is 1. The van der Waals surface area contributed by atoms with Crippen molar-refractivity contribution in [3.8, 4) is 0 Å². The molecule has 2 aromatic carbocycles. The maximum absolute atomic E-state index is 13.2. The van der Waals surface area contributed by atoms with Crippen molar-refractivity contribution in [2.75, 3.05) is 13.1 Å². The van der Waals surface area contributed by atoms with Crippen LogP contribution in [-0.2, 0) is 17.5 Å². The summed E-state index contributed by atoms with van der Waals surface area (Å²) in [5.41, 5.74) is 1.33. The van der Waals surface area contributed by atoms with Gasteiger partial charge in [-0.1, -0.05) is 56.3 Å². The van der Waals surface area contributed by atoms with E-state index in [0.717, 1.165) is 49.2 Å². The zero-order chi connectivity index (χ0) is 22.9. The van der Waals surface area contributed by atoms with Gasteiger partial charge in [0.2, 0.25) is 5.91 Å². The van der Waals surface area contributed by atoms with E-state index >= 15 is 0 Å². The summed E-state index contributed by atoms with van der Waals surface area (Å²) in [6, 6.07) is 15.6. The molecule has 4 atom stereocenters. The normalized spacial score (nSPS) is 24.5. The highest BCUT2D eigenvalue weighted by atomic mass is 19.4. The van der Waals surface area contributed by atoms with Crippen LogP contribution in [0.3, 0.4) is 0 Å². The van der Waals surface area contributed by atoms with Gasteiger partial charge in [-0.2, -0.15) is 13.2 Å². The molecule has 1 N–H and O–H groups in total. The standard InChI is InChI=1S/C26H31F3N2O/c1-17(2)24(19-6-4-3-5-7-19)25(32)30-23-13-10-20-15-31(16-22(20)23)14-18-8-11-21(12-9-18)26(27,28)29/h3-9,11-12,17,20,22-24H,10,13-16H2,1-2H3,(H,30,32). The van der Waals surface area contributed by atoms with Gasteiger partial charge in [0.1, 0.15) is 0 Å². The van der Waals surface area contributed by atoms with E-state index in [-0.39, 0.29) is 23.8 Å². The molecule has 6 heteroatoms. The summed E-state index contributed by atoms with van der Waals surface area (Å²) in [7, 11) is 0. The molecule has 2 aliphatic rings. The van der Waals surface area contributed by atoms with Gasteiger partial charge in [0, 0.05) is 25.7 Å². The van der Waals surface area contributed by atoms with Crippen LogP contribution < -0.4 is 5.32 Å². The molecule has 0 radical (unpaired) electrons. The molecule has 1 aliphatic carbocycles. The van der Waals surface area contributed by atoms with Crippen LogP contribution in [0.4, 0.5) is 13.2 Å². The second-order valence-electron chi connectivity index (χ2n) is 9.64. The molecular weight excluding hydrogens is 413 g/mol. The van der Waals surface area contributed by atoms with Crippen molar-refractivity contribution in [1.29, 1.82) is 0 Å². The number of rotatable bonds is 6.